The summed E-state index contributed by atoms with van der Waals surface area (Å²) in [6.07, 6.45) is 2.02. The Morgan fingerprint density at radius 2 is 2.25 bits per heavy atom. The summed E-state index contributed by atoms with van der Waals surface area (Å²) >= 11 is 0. The van der Waals surface area contributed by atoms with E-state index in [2.05, 4.69) is 9.97 Å². The van der Waals surface area contributed by atoms with Gasteiger partial charge in [-0.15, -0.1) is 0 Å². The number of carboxylic acid groups (broad SMARTS) is 1. The first kappa shape index (κ1) is 10.7. The predicted octanol–water partition coefficient (Wildman–Crippen LogP) is -0.0945. The lowest BCUT2D eigenvalue weighted by Crippen LogP contribution is -2.50. The van der Waals surface area contributed by atoms with E-state index in [-0.39, 0.29) is 12.6 Å². The lowest BCUT2D eigenvalue weighted by atomic mass is 10.2. The maximum Gasteiger partial charge on any atom is 0.328 e. The standard InChI is InChI=1S/C9H10FN3O3/c10-6-3-11-9(12-4-6)13-1-2-16-5-7(13)8(14)15/h3-4,7H,1-2,5H2,(H,14,15). The first-order chi connectivity index (χ1) is 7.68. The van der Waals surface area contributed by atoms with Gasteiger partial charge < -0.3 is 14.7 Å². The van der Waals surface area contributed by atoms with Crippen LogP contribution in [0, 0.1) is 5.82 Å². The number of carboxylic acids is 1. The summed E-state index contributed by atoms with van der Waals surface area (Å²) in [7, 11) is 0. The van der Waals surface area contributed by atoms with E-state index in [4.69, 9.17) is 9.84 Å². The van der Waals surface area contributed by atoms with Gasteiger partial charge in [-0.05, 0) is 0 Å². The molecule has 1 aromatic rings. The molecule has 0 bridgehead atoms. The molecule has 1 unspecified atom stereocenters. The quantitative estimate of drug-likeness (QED) is 0.760. The minimum Gasteiger partial charge on any atom is -0.480 e. The van der Waals surface area contributed by atoms with Gasteiger partial charge in [0.05, 0.1) is 25.6 Å². The second-order valence-corrected chi connectivity index (χ2v) is 3.32. The number of hydrogen-bond donors (Lipinski definition) is 1. The van der Waals surface area contributed by atoms with E-state index >= 15 is 0 Å². The maximum atomic E-state index is 12.6. The molecule has 0 radical (unpaired) electrons. The molecule has 0 saturated carbocycles. The van der Waals surface area contributed by atoms with E-state index in [9.17, 15) is 9.18 Å². The van der Waals surface area contributed by atoms with Gasteiger partial charge in [-0.25, -0.2) is 19.2 Å². The SMILES string of the molecule is O=C(O)C1COCCN1c1ncc(F)cn1. The van der Waals surface area contributed by atoms with Crippen molar-refractivity contribution in [2.45, 2.75) is 6.04 Å². The summed E-state index contributed by atoms with van der Waals surface area (Å²) in [4.78, 5) is 20.0. The highest BCUT2D eigenvalue weighted by molar-refractivity contribution is 5.77. The Kier molecular flexibility index (Phi) is 2.95. The first-order valence-electron chi connectivity index (χ1n) is 4.73. The molecule has 7 heteroatoms. The van der Waals surface area contributed by atoms with E-state index in [0.29, 0.717) is 13.2 Å². The largest absolute Gasteiger partial charge is 0.480 e. The van der Waals surface area contributed by atoms with Crippen LogP contribution < -0.4 is 4.90 Å². The molecule has 0 spiro atoms. The molecular weight excluding hydrogens is 217 g/mol. The third-order valence-electron chi connectivity index (χ3n) is 2.28. The Morgan fingerprint density at radius 3 is 2.88 bits per heavy atom. The average Bonchev–Trinajstić information content (AvgIpc) is 2.30. The molecule has 0 amide bonds. The van der Waals surface area contributed by atoms with E-state index in [0.717, 1.165) is 12.4 Å². The molecule has 0 aliphatic carbocycles. The Hall–Kier alpha value is -1.76. The molecule has 2 heterocycles. The summed E-state index contributed by atoms with van der Waals surface area (Å²) in [5.74, 6) is -1.35. The van der Waals surface area contributed by atoms with Gasteiger partial charge in [0.15, 0.2) is 11.9 Å². The van der Waals surface area contributed by atoms with Crippen molar-refractivity contribution in [2.24, 2.45) is 0 Å². The number of anilines is 1. The van der Waals surface area contributed by atoms with E-state index in [1.807, 2.05) is 0 Å². The zero-order valence-electron chi connectivity index (χ0n) is 8.34. The van der Waals surface area contributed by atoms with Crippen LogP contribution in [-0.2, 0) is 9.53 Å². The summed E-state index contributed by atoms with van der Waals surface area (Å²) in [5.41, 5.74) is 0. The van der Waals surface area contributed by atoms with Gasteiger partial charge in [-0.2, -0.15) is 0 Å². The molecular formula is C9H10FN3O3. The normalized spacial score (nSPS) is 20.8. The third-order valence-corrected chi connectivity index (χ3v) is 2.28. The second-order valence-electron chi connectivity index (χ2n) is 3.32. The Morgan fingerprint density at radius 1 is 1.56 bits per heavy atom. The molecule has 86 valence electrons. The topological polar surface area (TPSA) is 75.6 Å². The number of ether oxygens (including phenoxy) is 1. The van der Waals surface area contributed by atoms with Crippen molar-refractivity contribution in [3.05, 3.63) is 18.2 Å². The van der Waals surface area contributed by atoms with Crippen LogP contribution in [-0.4, -0.2) is 46.8 Å². The number of nitrogens with zero attached hydrogens (tertiary/aromatic N) is 3. The number of hydrogen-bond acceptors (Lipinski definition) is 5. The smallest absolute Gasteiger partial charge is 0.328 e. The maximum absolute atomic E-state index is 12.6. The van der Waals surface area contributed by atoms with Gasteiger partial charge >= 0.3 is 5.97 Å². The predicted molar refractivity (Wildman–Crippen MR) is 51.6 cm³/mol. The van der Waals surface area contributed by atoms with Gasteiger partial charge in [0, 0.05) is 6.54 Å². The van der Waals surface area contributed by atoms with Crippen molar-refractivity contribution in [1.82, 2.24) is 9.97 Å². The molecule has 1 saturated heterocycles. The number of aromatic nitrogens is 2. The van der Waals surface area contributed by atoms with Crippen molar-refractivity contribution in [3.8, 4) is 0 Å². The summed E-state index contributed by atoms with van der Waals surface area (Å²) in [6, 6.07) is -0.820. The molecule has 2 rings (SSSR count). The van der Waals surface area contributed by atoms with Crippen molar-refractivity contribution in [2.75, 3.05) is 24.7 Å². The lowest BCUT2D eigenvalue weighted by molar-refractivity contribution is -0.141. The van der Waals surface area contributed by atoms with E-state index in [1.54, 1.807) is 0 Å². The van der Waals surface area contributed by atoms with Crippen LogP contribution in [0.4, 0.5) is 10.3 Å². The van der Waals surface area contributed by atoms with Crippen LogP contribution in [0.1, 0.15) is 0 Å². The summed E-state index contributed by atoms with van der Waals surface area (Å²) < 4.78 is 17.7. The van der Waals surface area contributed by atoms with Gasteiger partial charge in [0.1, 0.15) is 0 Å². The summed E-state index contributed by atoms with van der Waals surface area (Å²) in [6.45, 7) is 0.864. The second kappa shape index (κ2) is 4.40. The fraction of sp³-hybridized carbons (Fsp3) is 0.444. The lowest BCUT2D eigenvalue weighted by Gasteiger charge is -2.32. The molecule has 1 atom stereocenters. The Labute approximate surface area is 90.7 Å². The molecule has 0 aromatic carbocycles. The van der Waals surface area contributed by atoms with Gasteiger partial charge in [0.2, 0.25) is 5.95 Å². The zero-order chi connectivity index (χ0) is 11.5. The highest BCUT2D eigenvalue weighted by atomic mass is 19.1. The van der Waals surface area contributed by atoms with Crippen LogP contribution in [0.15, 0.2) is 12.4 Å². The molecule has 1 N–H and O–H groups in total. The zero-order valence-corrected chi connectivity index (χ0v) is 8.34. The minimum absolute atomic E-state index is 0.0794. The summed E-state index contributed by atoms with van der Waals surface area (Å²) in [5, 5.41) is 8.97. The molecule has 6 nitrogen and oxygen atoms in total. The van der Waals surface area contributed by atoms with E-state index < -0.39 is 17.8 Å². The molecule has 1 aliphatic heterocycles. The third kappa shape index (κ3) is 2.08. The number of halogens is 1. The van der Waals surface area contributed by atoms with Gasteiger partial charge in [-0.3, -0.25) is 0 Å². The Balaban J connectivity index is 2.23. The number of aliphatic carboxylic acids is 1. The van der Waals surface area contributed by atoms with E-state index in [1.165, 1.54) is 4.90 Å². The fourth-order valence-electron chi connectivity index (χ4n) is 1.50. The van der Waals surface area contributed by atoms with Crippen molar-refractivity contribution in [1.29, 1.82) is 0 Å². The first-order valence-corrected chi connectivity index (χ1v) is 4.73. The van der Waals surface area contributed by atoms with Crippen LogP contribution in [0.5, 0.6) is 0 Å². The minimum atomic E-state index is -1.01. The van der Waals surface area contributed by atoms with Crippen molar-refractivity contribution >= 4 is 11.9 Å². The molecule has 1 aromatic heterocycles. The van der Waals surface area contributed by atoms with Gasteiger partial charge in [-0.1, -0.05) is 0 Å². The number of carbonyl (C=O) groups is 1. The molecule has 16 heavy (non-hydrogen) atoms. The Bertz CT molecular complexity index is 384. The van der Waals surface area contributed by atoms with Crippen LogP contribution in [0.3, 0.4) is 0 Å². The monoisotopic (exact) mass is 227 g/mol. The molecule has 1 aliphatic rings. The fourth-order valence-corrected chi connectivity index (χ4v) is 1.50. The highest BCUT2D eigenvalue weighted by Crippen LogP contribution is 2.14. The van der Waals surface area contributed by atoms with Crippen LogP contribution >= 0.6 is 0 Å². The number of rotatable bonds is 2. The van der Waals surface area contributed by atoms with Gasteiger partial charge in [0.25, 0.3) is 0 Å². The molecule has 1 fully saturated rings. The number of morpholine rings is 1. The van der Waals surface area contributed by atoms with Crippen LogP contribution in [0.2, 0.25) is 0 Å². The van der Waals surface area contributed by atoms with Crippen molar-refractivity contribution < 1.29 is 19.0 Å². The van der Waals surface area contributed by atoms with Crippen molar-refractivity contribution in [3.63, 3.8) is 0 Å². The highest BCUT2D eigenvalue weighted by Gasteiger charge is 2.30. The van der Waals surface area contributed by atoms with Crippen LogP contribution in [0.25, 0.3) is 0 Å². The average molecular weight is 227 g/mol.